The largest absolute Gasteiger partial charge is 0.487 e. The van der Waals surface area contributed by atoms with Crippen LogP contribution in [0.3, 0.4) is 0 Å². The molecule has 3 atom stereocenters. The normalized spacial score (nSPS) is 16.2. The van der Waals surface area contributed by atoms with Crippen LogP contribution >= 0.6 is 0 Å². The summed E-state index contributed by atoms with van der Waals surface area (Å²) in [5.41, 5.74) is 2.37. The van der Waals surface area contributed by atoms with Crippen molar-refractivity contribution < 1.29 is 27.7 Å². The summed E-state index contributed by atoms with van der Waals surface area (Å²) >= 11 is 0. The number of benzene rings is 4. The number of fused-ring (bicyclic) bond motifs is 1. The van der Waals surface area contributed by atoms with Crippen LogP contribution in [-0.4, -0.2) is 43.7 Å². The van der Waals surface area contributed by atoms with Crippen LogP contribution in [0.15, 0.2) is 108 Å². The van der Waals surface area contributed by atoms with Gasteiger partial charge in [0.1, 0.15) is 30.0 Å². The van der Waals surface area contributed by atoms with Gasteiger partial charge in [-0.15, -0.1) is 0 Å². The molecule has 9 heteroatoms. The molecule has 3 unspecified atom stereocenters. The van der Waals surface area contributed by atoms with Crippen LogP contribution in [0, 0.1) is 0 Å². The Morgan fingerprint density at radius 1 is 0.927 bits per heavy atom. The van der Waals surface area contributed by atoms with E-state index in [1.165, 1.54) is 6.07 Å². The van der Waals surface area contributed by atoms with Crippen LogP contribution in [0.4, 0.5) is 0 Å². The van der Waals surface area contributed by atoms with Gasteiger partial charge in [0.2, 0.25) is 10.0 Å². The minimum absolute atomic E-state index is 0.133. The summed E-state index contributed by atoms with van der Waals surface area (Å²) < 4.78 is 43.0. The van der Waals surface area contributed by atoms with E-state index < -0.39 is 16.1 Å². The Hall–Kier alpha value is -3.89. The van der Waals surface area contributed by atoms with E-state index in [0.717, 1.165) is 11.1 Å². The smallest absolute Gasteiger partial charge is 0.241 e. The summed E-state index contributed by atoms with van der Waals surface area (Å²) in [6, 6.07) is 31.4. The molecule has 3 N–H and O–H groups in total. The summed E-state index contributed by atoms with van der Waals surface area (Å²) in [6.45, 7) is 3.34. The molecule has 0 amide bonds. The Kier molecular flexibility index (Phi) is 8.90. The lowest BCUT2D eigenvalue weighted by atomic mass is 10.0. The summed E-state index contributed by atoms with van der Waals surface area (Å²) in [5, 5.41) is 16.9. The van der Waals surface area contributed by atoms with Gasteiger partial charge in [0.05, 0.1) is 6.10 Å². The van der Waals surface area contributed by atoms with E-state index in [-0.39, 0.29) is 35.9 Å². The first-order valence-corrected chi connectivity index (χ1v) is 15.0. The van der Waals surface area contributed by atoms with Gasteiger partial charge in [-0.25, -0.2) is 13.6 Å². The molecule has 5 rings (SSSR count). The molecular weight excluding hydrogens is 540 g/mol. The predicted octanol–water partition coefficient (Wildman–Crippen LogP) is 4.68. The molecule has 214 valence electrons. The summed E-state index contributed by atoms with van der Waals surface area (Å²) in [4.78, 5) is 1.94. The first-order chi connectivity index (χ1) is 19.8. The van der Waals surface area contributed by atoms with Gasteiger partial charge in [0, 0.05) is 19.1 Å². The number of aliphatic hydroxyl groups excluding tert-OH is 1. The second-order valence-corrected chi connectivity index (χ2v) is 11.6. The Labute approximate surface area is 241 Å². The monoisotopic (exact) mass is 574 g/mol. The Morgan fingerprint density at radius 2 is 1.56 bits per heavy atom. The minimum atomic E-state index is -4.12. The first kappa shape index (κ1) is 28.6. The number of para-hydroxylation sites is 2. The first-order valence-electron chi connectivity index (χ1n) is 13.5. The highest BCUT2D eigenvalue weighted by atomic mass is 32.2. The lowest BCUT2D eigenvalue weighted by molar-refractivity contribution is -0.000928. The van der Waals surface area contributed by atoms with Crippen molar-refractivity contribution in [1.29, 1.82) is 0 Å². The third-order valence-corrected chi connectivity index (χ3v) is 8.11. The highest BCUT2D eigenvalue weighted by Crippen LogP contribution is 2.33. The van der Waals surface area contributed by atoms with Crippen molar-refractivity contribution in [3.63, 3.8) is 0 Å². The second kappa shape index (κ2) is 12.7. The van der Waals surface area contributed by atoms with Crippen LogP contribution in [0.1, 0.15) is 29.7 Å². The van der Waals surface area contributed by atoms with Gasteiger partial charge < -0.3 is 19.3 Å². The number of nitrogens with two attached hydrogens (primary N) is 1. The fourth-order valence-electron chi connectivity index (χ4n) is 4.84. The molecule has 4 aromatic rings. The van der Waals surface area contributed by atoms with Crippen molar-refractivity contribution in [1.82, 2.24) is 4.90 Å². The molecule has 1 aliphatic rings. The molecule has 4 aromatic carbocycles. The quantitative estimate of drug-likeness (QED) is 0.268. The van der Waals surface area contributed by atoms with Gasteiger partial charge >= 0.3 is 0 Å². The van der Waals surface area contributed by atoms with E-state index in [4.69, 9.17) is 19.3 Å². The van der Waals surface area contributed by atoms with Crippen LogP contribution in [-0.2, 0) is 23.2 Å². The maximum Gasteiger partial charge on any atom is 0.241 e. The SMILES string of the molecule is CC(C1COc2ccccc2O1)N(Cc1ccccc1)CC(O)c1ccc(OCc2ccccc2)c(S(N)(=O)=O)c1. The molecule has 0 saturated carbocycles. The molecule has 1 heterocycles. The third-order valence-electron chi connectivity index (χ3n) is 7.18. The van der Waals surface area contributed by atoms with E-state index in [0.29, 0.717) is 30.2 Å². The molecular formula is C32H34N2O6S. The van der Waals surface area contributed by atoms with E-state index in [1.54, 1.807) is 12.1 Å². The Balaban J connectivity index is 1.37. The van der Waals surface area contributed by atoms with Crippen molar-refractivity contribution in [2.75, 3.05) is 13.2 Å². The summed E-state index contributed by atoms with van der Waals surface area (Å²) in [6.07, 6.45) is -1.30. The van der Waals surface area contributed by atoms with Crippen molar-refractivity contribution >= 4 is 10.0 Å². The Morgan fingerprint density at radius 3 is 2.24 bits per heavy atom. The van der Waals surface area contributed by atoms with Crippen LogP contribution in [0.2, 0.25) is 0 Å². The average Bonchev–Trinajstić information content (AvgIpc) is 2.99. The molecule has 0 fully saturated rings. The number of hydrogen-bond donors (Lipinski definition) is 2. The summed E-state index contributed by atoms with van der Waals surface area (Å²) in [7, 11) is -4.12. The average molecular weight is 575 g/mol. The summed E-state index contributed by atoms with van der Waals surface area (Å²) in [5.74, 6) is 1.52. The number of hydrogen-bond acceptors (Lipinski definition) is 7. The van der Waals surface area contributed by atoms with Gasteiger partial charge in [-0.1, -0.05) is 78.9 Å². The van der Waals surface area contributed by atoms with Crippen molar-refractivity contribution in [3.05, 3.63) is 120 Å². The molecule has 0 saturated heterocycles. The van der Waals surface area contributed by atoms with Gasteiger partial charge in [0.25, 0.3) is 0 Å². The molecule has 41 heavy (non-hydrogen) atoms. The predicted molar refractivity (Wildman–Crippen MR) is 156 cm³/mol. The highest BCUT2D eigenvalue weighted by Gasteiger charge is 2.31. The van der Waals surface area contributed by atoms with E-state index in [2.05, 4.69) is 4.90 Å². The van der Waals surface area contributed by atoms with Gasteiger partial charge in [-0.05, 0) is 47.9 Å². The number of sulfonamides is 1. The number of rotatable bonds is 11. The Bertz CT molecular complexity index is 1550. The second-order valence-electron chi connectivity index (χ2n) is 10.1. The maximum atomic E-state index is 12.5. The maximum absolute atomic E-state index is 12.5. The topological polar surface area (TPSA) is 111 Å². The zero-order valence-corrected chi connectivity index (χ0v) is 23.6. The number of primary sulfonamides is 1. The van der Waals surface area contributed by atoms with Crippen LogP contribution in [0.5, 0.6) is 17.2 Å². The minimum Gasteiger partial charge on any atom is -0.487 e. The third kappa shape index (κ3) is 7.25. The lowest BCUT2D eigenvalue weighted by Gasteiger charge is -2.38. The van der Waals surface area contributed by atoms with Crippen LogP contribution < -0.4 is 19.3 Å². The molecule has 1 aliphatic heterocycles. The van der Waals surface area contributed by atoms with Crippen molar-refractivity contribution in [2.24, 2.45) is 5.14 Å². The molecule has 0 bridgehead atoms. The van der Waals surface area contributed by atoms with E-state index in [1.807, 2.05) is 91.9 Å². The fraction of sp³-hybridized carbons (Fsp3) is 0.250. The molecule has 0 aliphatic carbocycles. The van der Waals surface area contributed by atoms with Gasteiger partial charge in [-0.3, -0.25) is 4.90 Å². The number of aliphatic hydroxyl groups is 1. The molecule has 8 nitrogen and oxygen atoms in total. The van der Waals surface area contributed by atoms with Crippen LogP contribution in [0.25, 0.3) is 0 Å². The standard InChI is InChI=1S/C32H34N2O6S/c1-23(31-22-39-28-14-8-9-15-29(28)40-31)34(19-24-10-4-2-5-11-24)20-27(35)26-16-17-30(32(18-26)41(33,36)37)38-21-25-12-6-3-7-13-25/h2-18,23,27,31,35H,19-22H2,1H3,(H2,33,36,37). The highest BCUT2D eigenvalue weighted by molar-refractivity contribution is 7.89. The van der Waals surface area contributed by atoms with Gasteiger partial charge in [-0.2, -0.15) is 0 Å². The number of ether oxygens (including phenoxy) is 3. The molecule has 0 aromatic heterocycles. The fourth-order valence-corrected chi connectivity index (χ4v) is 5.55. The molecule has 0 radical (unpaired) electrons. The van der Waals surface area contributed by atoms with Crippen molar-refractivity contribution in [2.45, 2.75) is 43.2 Å². The lowest BCUT2D eigenvalue weighted by Crippen LogP contribution is -2.49. The zero-order chi connectivity index (χ0) is 28.8. The van der Waals surface area contributed by atoms with E-state index >= 15 is 0 Å². The van der Waals surface area contributed by atoms with Gasteiger partial charge in [0.15, 0.2) is 11.5 Å². The van der Waals surface area contributed by atoms with E-state index in [9.17, 15) is 13.5 Å². The van der Waals surface area contributed by atoms with Crippen molar-refractivity contribution in [3.8, 4) is 17.2 Å². The zero-order valence-electron chi connectivity index (χ0n) is 22.8. The number of nitrogens with zero attached hydrogens (tertiary/aromatic N) is 1. The molecule has 0 spiro atoms.